The molecule has 4 aromatic heterocycles. The average Bonchev–Trinajstić information content (AvgIpc) is 3.56. The molecule has 0 aliphatic heterocycles. The summed E-state index contributed by atoms with van der Waals surface area (Å²) in [6, 6.07) is 33.9. The van der Waals surface area contributed by atoms with Gasteiger partial charge in [-0.1, -0.05) is 48.5 Å². The Morgan fingerprint density at radius 3 is 1.94 bits per heavy atom. The quantitative estimate of drug-likeness (QED) is 0.205. The minimum atomic E-state index is -0.0652. The molecule has 0 spiro atoms. The van der Waals surface area contributed by atoms with E-state index in [0.29, 0.717) is 0 Å². The summed E-state index contributed by atoms with van der Waals surface area (Å²) >= 11 is 5.87. The summed E-state index contributed by atoms with van der Waals surface area (Å²) in [4.78, 5) is 1.42. The van der Waals surface area contributed by atoms with Crippen molar-refractivity contribution in [2.75, 3.05) is 0 Å². The lowest BCUT2D eigenvalue weighted by molar-refractivity contribution is 1.76. The first kappa shape index (κ1) is 17.8. The van der Waals surface area contributed by atoms with E-state index in [-0.39, 0.29) is 10.5 Å². The van der Waals surface area contributed by atoms with Crippen molar-refractivity contribution < 1.29 is 0 Å². The third-order valence-electron chi connectivity index (χ3n) is 6.29. The van der Waals surface area contributed by atoms with Crippen molar-refractivity contribution in [3.05, 3.63) is 91.0 Å². The highest BCUT2D eigenvalue weighted by Crippen LogP contribution is 2.56. The van der Waals surface area contributed by atoms with Crippen molar-refractivity contribution in [2.45, 2.75) is 0 Å². The van der Waals surface area contributed by atoms with Gasteiger partial charge in [0.05, 0.1) is 20.2 Å². The monoisotopic (exact) mass is 479 g/mol. The van der Waals surface area contributed by atoms with Gasteiger partial charge in [-0.3, -0.25) is 0 Å². The Bertz CT molecular complexity index is 1980. The third kappa shape index (κ3) is 2.25. The lowest BCUT2D eigenvalue weighted by Gasteiger charge is -1.95. The van der Waals surface area contributed by atoms with Crippen LogP contribution in [0.2, 0.25) is 0 Å². The Labute approximate surface area is 198 Å². The highest BCUT2D eigenvalue weighted by atomic mass is 32.2. The molecule has 8 rings (SSSR count). The van der Waals surface area contributed by atoms with Crippen LogP contribution in [0.3, 0.4) is 0 Å². The van der Waals surface area contributed by atoms with Gasteiger partial charge in [-0.15, -0.1) is 34.0 Å². The third-order valence-corrected chi connectivity index (χ3v) is 12.5. The van der Waals surface area contributed by atoms with Crippen LogP contribution in [0.15, 0.2) is 91.0 Å². The second-order valence-electron chi connectivity index (χ2n) is 8.08. The molecule has 1 unspecified atom stereocenters. The second-order valence-corrected chi connectivity index (χ2v) is 13.2. The van der Waals surface area contributed by atoms with Gasteiger partial charge in [0.25, 0.3) is 0 Å². The van der Waals surface area contributed by atoms with Gasteiger partial charge in [0.2, 0.25) is 4.70 Å². The minimum absolute atomic E-state index is 0.0652. The molecular weight excluding hydrogens is 465 g/mol. The van der Waals surface area contributed by atoms with Crippen LogP contribution in [0, 0.1) is 0 Å². The summed E-state index contributed by atoms with van der Waals surface area (Å²) in [5.41, 5.74) is 0. The van der Waals surface area contributed by atoms with Crippen LogP contribution >= 0.6 is 44.5 Å². The molecule has 0 aliphatic carbocycles. The fraction of sp³-hybridized carbons (Fsp3) is 0. The number of benzene rings is 4. The van der Waals surface area contributed by atoms with Gasteiger partial charge < -0.3 is 0 Å². The van der Waals surface area contributed by atoms with E-state index < -0.39 is 0 Å². The number of hydrogen-bond donors (Lipinski definition) is 0. The van der Waals surface area contributed by atoms with Gasteiger partial charge in [-0.25, -0.2) is 0 Å². The van der Waals surface area contributed by atoms with E-state index in [2.05, 4.69) is 91.0 Å². The molecule has 0 fully saturated rings. The molecule has 0 nitrogen and oxygen atoms in total. The Morgan fingerprint density at radius 1 is 0.469 bits per heavy atom. The molecule has 1 atom stereocenters. The van der Waals surface area contributed by atoms with Gasteiger partial charge in [-0.2, -0.15) is 0 Å². The highest BCUT2D eigenvalue weighted by Gasteiger charge is 2.29. The van der Waals surface area contributed by atoms with E-state index in [1.165, 1.54) is 64.0 Å². The van der Waals surface area contributed by atoms with E-state index in [1.54, 1.807) is 0 Å². The van der Waals surface area contributed by atoms with Crippen molar-refractivity contribution in [1.29, 1.82) is 0 Å². The SMILES string of the molecule is c1ccc(-[s+]2c3cc4c(cc3c3sc5ccccc5c32)sc2c3ccccc3sc42)cc1. The Kier molecular flexibility index (Phi) is 3.55. The molecule has 0 aliphatic rings. The van der Waals surface area contributed by atoms with Crippen LogP contribution in [0.1, 0.15) is 0 Å². The standard InChI is InChI=1S/C28H15S4/c1-2-8-16(9-3-1)32-24-15-19-23(31-25-17-10-4-6-12-21(17)29-26(19)25)14-20(24)27-28(32)18-11-5-7-13-22(18)30-27/h1-15H/q+1. The van der Waals surface area contributed by atoms with Gasteiger partial charge >= 0.3 is 0 Å². The average molecular weight is 480 g/mol. The predicted molar refractivity (Wildman–Crippen MR) is 149 cm³/mol. The number of rotatable bonds is 1. The molecule has 4 heteroatoms. The van der Waals surface area contributed by atoms with Crippen molar-refractivity contribution in [3.8, 4) is 4.90 Å². The van der Waals surface area contributed by atoms with Gasteiger partial charge in [-0.05, 0) is 36.4 Å². The highest BCUT2D eigenvalue weighted by molar-refractivity contribution is 7.53. The number of hydrogen-bond acceptors (Lipinski definition) is 3. The Hall–Kier alpha value is -2.76. The maximum absolute atomic E-state index is 2.52. The molecule has 4 heterocycles. The van der Waals surface area contributed by atoms with E-state index in [4.69, 9.17) is 0 Å². The van der Waals surface area contributed by atoms with Gasteiger partial charge in [0, 0.05) is 41.4 Å². The fourth-order valence-electron chi connectivity index (χ4n) is 4.89. The van der Waals surface area contributed by atoms with Crippen molar-refractivity contribution in [2.24, 2.45) is 0 Å². The summed E-state index contributed by atoms with van der Waals surface area (Å²) in [5.74, 6) is 0. The predicted octanol–water partition coefficient (Wildman–Crippen LogP) is 10.5. The van der Waals surface area contributed by atoms with Crippen LogP contribution in [-0.2, 0) is 0 Å². The molecular formula is C28H15S4+. The van der Waals surface area contributed by atoms with Crippen LogP contribution in [0.25, 0.3) is 64.0 Å². The molecule has 150 valence electrons. The molecule has 0 saturated carbocycles. The summed E-state index contributed by atoms with van der Waals surface area (Å²) in [7, 11) is -0.0652. The van der Waals surface area contributed by atoms with Crippen LogP contribution in [0.4, 0.5) is 0 Å². The number of thiophene rings is 4. The van der Waals surface area contributed by atoms with Crippen molar-refractivity contribution >= 4 is 104 Å². The summed E-state index contributed by atoms with van der Waals surface area (Å²) in [6.07, 6.45) is 0. The largest absolute Gasteiger partial charge is 0.206 e. The molecule has 4 aromatic carbocycles. The summed E-state index contributed by atoms with van der Waals surface area (Å²) < 4.78 is 11.6. The molecule has 8 aromatic rings. The fourth-order valence-corrected chi connectivity index (χ4v) is 11.6. The van der Waals surface area contributed by atoms with Crippen molar-refractivity contribution in [1.82, 2.24) is 0 Å². The van der Waals surface area contributed by atoms with Gasteiger partial charge in [0.15, 0.2) is 9.60 Å². The minimum Gasteiger partial charge on any atom is -0.134 e. The topological polar surface area (TPSA) is 0 Å². The first-order valence-corrected chi connectivity index (χ1v) is 14.2. The summed E-state index contributed by atoms with van der Waals surface area (Å²) in [5, 5.41) is 5.70. The molecule has 0 radical (unpaired) electrons. The van der Waals surface area contributed by atoms with E-state index >= 15 is 0 Å². The zero-order valence-corrected chi connectivity index (χ0v) is 20.1. The normalized spacial score (nSPS) is 12.9. The number of fused-ring (bicyclic) bond motifs is 10. The van der Waals surface area contributed by atoms with E-state index in [1.807, 2.05) is 34.0 Å². The van der Waals surface area contributed by atoms with Crippen LogP contribution < -0.4 is 0 Å². The van der Waals surface area contributed by atoms with E-state index in [0.717, 1.165) is 0 Å². The maximum atomic E-state index is 2.52. The zero-order chi connectivity index (χ0) is 20.8. The molecule has 32 heavy (non-hydrogen) atoms. The first-order valence-electron chi connectivity index (χ1n) is 10.6. The second kappa shape index (κ2) is 6.40. The smallest absolute Gasteiger partial charge is 0.134 e. The molecule has 0 N–H and O–H groups in total. The van der Waals surface area contributed by atoms with E-state index in [9.17, 15) is 0 Å². The zero-order valence-electron chi connectivity index (χ0n) is 16.8. The van der Waals surface area contributed by atoms with Crippen molar-refractivity contribution in [3.63, 3.8) is 0 Å². The Morgan fingerprint density at radius 2 is 1.09 bits per heavy atom. The summed E-state index contributed by atoms with van der Waals surface area (Å²) in [6.45, 7) is 0. The lowest BCUT2D eigenvalue weighted by Crippen LogP contribution is -1.71. The molecule has 0 bridgehead atoms. The molecule has 0 amide bonds. The maximum Gasteiger partial charge on any atom is 0.206 e. The van der Waals surface area contributed by atoms with Gasteiger partial charge in [0.1, 0.15) is 4.70 Å². The molecule has 0 saturated heterocycles. The lowest BCUT2D eigenvalue weighted by atomic mass is 10.2. The van der Waals surface area contributed by atoms with Crippen LogP contribution in [0.5, 0.6) is 0 Å². The first-order chi connectivity index (χ1) is 15.9. The van der Waals surface area contributed by atoms with Crippen LogP contribution in [-0.4, -0.2) is 0 Å². The Balaban J connectivity index is 1.61.